The summed E-state index contributed by atoms with van der Waals surface area (Å²) in [7, 11) is 0. The third kappa shape index (κ3) is 3.42. The van der Waals surface area contributed by atoms with Crippen LogP contribution in [0.5, 0.6) is 0 Å². The predicted molar refractivity (Wildman–Crippen MR) is 86.3 cm³/mol. The van der Waals surface area contributed by atoms with Crippen LogP contribution in [0, 0.1) is 5.92 Å². The Labute approximate surface area is 126 Å². The number of nitrogens with zero attached hydrogens (tertiary/aromatic N) is 1. The molecule has 2 heterocycles. The summed E-state index contributed by atoms with van der Waals surface area (Å²) in [6.45, 7) is 5.06. The highest BCUT2D eigenvalue weighted by Gasteiger charge is 2.25. The standard InChI is InChI=1S/C18H24N2O/c1-2-9-20-18(15-7-11-21-12-8-15)16-6-5-14-4-3-10-19-17(14)13-16/h3-6,10,13,15,18,20H,2,7-9,11-12H2,1H3. The Bertz CT molecular complexity index is 578. The van der Waals surface area contributed by atoms with Crippen molar-refractivity contribution in [2.24, 2.45) is 5.92 Å². The highest BCUT2D eigenvalue weighted by Crippen LogP contribution is 2.31. The van der Waals surface area contributed by atoms with Gasteiger partial charge in [-0.25, -0.2) is 0 Å². The lowest BCUT2D eigenvalue weighted by Gasteiger charge is -2.31. The van der Waals surface area contributed by atoms with Gasteiger partial charge in [-0.05, 0) is 49.4 Å². The number of fused-ring (bicyclic) bond motifs is 1. The third-order valence-corrected chi connectivity index (χ3v) is 4.34. The van der Waals surface area contributed by atoms with Gasteiger partial charge in [0.25, 0.3) is 0 Å². The summed E-state index contributed by atoms with van der Waals surface area (Å²) in [6, 6.07) is 11.2. The molecule has 1 unspecified atom stereocenters. The first kappa shape index (κ1) is 14.5. The van der Waals surface area contributed by atoms with Gasteiger partial charge in [0.2, 0.25) is 0 Å². The molecule has 0 bridgehead atoms. The zero-order valence-electron chi connectivity index (χ0n) is 12.7. The van der Waals surface area contributed by atoms with Crippen LogP contribution < -0.4 is 5.32 Å². The molecule has 112 valence electrons. The molecule has 0 aliphatic carbocycles. The van der Waals surface area contributed by atoms with E-state index in [1.165, 1.54) is 10.9 Å². The van der Waals surface area contributed by atoms with Crippen LogP contribution in [-0.2, 0) is 4.74 Å². The highest BCUT2D eigenvalue weighted by atomic mass is 16.5. The van der Waals surface area contributed by atoms with Crippen molar-refractivity contribution in [2.75, 3.05) is 19.8 Å². The molecular weight excluding hydrogens is 260 g/mol. The molecule has 3 nitrogen and oxygen atoms in total. The average molecular weight is 284 g/mol. The molecule has 1 aromatic heterocycles. The molecule has 1 aromatic carbocycles. The topological polar surface area (TPSA) is 34.2 Å². The number of pyridine rings is 1. The lowest BCUT2D eigenvalue weighted by Crippen LogP contribution is -2.32. The fraction of sp³-hybridized carbons (Fsp3) is 0.500. The SMILES string of the molecule is CCCNC(c1ccc2cccnc2c1)C1CCOCC1. The van der Waals surface area contributed by atoms with Gasteiger partial charge in [-0.3, -0.25) is 4.98 Å². The minimum atomic E-state index is 0.417. The fourth-order valence-corrected chi connectivity index (χ4v) is 3.18. The van der Waals surface area contributed by atoms with Crippen molar-refractivity contribution in [3.05, 3.63) is 42.1 Å². The van der Waals surface area contributed by atoms with E-state index in [9.17, 15) is 0 Å². The van der Waals surface area contributed by atoms with E-state index in [1.54, 1.807) is 0 Å². The van der Waals surface area contributed by atoms with Crippen LogP contribution in [0.2, 0.25) is 0 Å². The Morgan fingerprint density at radius 1 is 1.29 bits per heavy atom. The zero-order chi connectivity index (χ0) is 14.5. The molecule has 0 saturated carbocycles. The van der Waals surface area contributed by atoms with Crippen LogP contribution >= 0.6 is 0 Å². The molecule has 1 aliphatic heterocycles. The Morgan fingerprint density at radius 2 is 2.14 bits per heavy atom. The minimum Gasteiger partial charge on any atom is -0.381 e. The van der Waals surface area contributed by atoms with Crippen LogP contribution in [-0.4, -0.2) is 24.7 Å². The van der Waals surface area contributed by atoms with E-state index in [1.807, 2.05) is 12.3 Å². The molecule has 0 spiro atoms. The summed E-state index contributed by atoms with van der Waals surface area (Å²) in [6.07, 6.45) is 5.31. The third-order valence-electron chi connectivity index (χ3n) is 4.34. The molecule has 1 N–H and O–H groups in total. The quantitative estimate of drug-likeness (QED) is 0.909. The first-order chi connectivity index (χ1) is 10.4. The molecular formula is C18H24N2O. The zero-order valence-corrected chi connectivity index (χ0v) is 12.7. The van der Waals surface area contributed by atoms with Gasteiger partial charge < -0.3 is 10.1 Å². The highest BCUT2D eigenvalue weighted by molar-refractivity contribution is 5.79. The average Bonchev–Trinajstić information content (AvgIpc) is 2.56. The van der Waals surface area contributed by atoms with Gasteiger partial charge in [-0.1, -0.05) is 25.1 Å². The van der Waals surface area contributed by atoms with Gasteiger partial charge in [0.15, 0.2) is 0 Å². The molecule has 1 atom stereocenters. The van der Waals surface area contributed by atoms with Crippen LogP contribution in [0.25, 0.3) is 10.9 Å². The molecule has 21 heavy (non-hydrogen) atoms. The maximum absolute atomic E-state index is 5.52. The number of nitrogens with one attached hydrogen (secondary N) is 1. The largest absolute Gasteiger partial charge is 0.381 e. The lowest BCUT2D eigenvalue weighted by molar-refractivity contribution is 0.0536. The maximum Gasteiger partial charge on any atom is 0.0705 e. The summed E-state index contributed by atoms with van der Waals surface area (Å²) in [5, 5.41) is 4.95. The minimum absolute atomic E-state index is 0.417. The second kappa shape index (κ2) is 7.01. The second-order valence-corrected chi connectivity index (χ2v) is 5.84. The molecule has 1 saturated heterocycles. The number of aromatic nitrogens is 1. The summed E-state index contributed by atoms with van der Waals surface area (Å²) < 4.78 is 5.52. The van der Waals surface area contributed by atoms with Crippen LogP contribution in [0.3, 0.4) is 0 Å². The van der Waals surface area contributed by atoms with Gasteiger partial charge in [-0.15, -0.1) is 0 Å². The van der Waals surface area contributed by atoms with Crippen molar-refractivity contribution in [2.45, 2.75) is 32.2 Å². The molecule has 2 aromatic rings. The van der Waals surface area contributed by atoms with E-state index in [-0.39, 0.29) is 0 Å². The number of hydrogen-bond acceptors (Lipinski definition) is 3. The fourth-order valence-electron chi connectivity index (χ4n) is 3.18. The first-order valence-electron chi connectivity index (χ1n) is 8.04. The van der Waals surface area contributed by atoms with Crippen LogP contribution in [0.1, 0.15) is 37.8 Å². The number of benzene rings is 1. The van der Waals surface area contributed by atoms with Crippen molar-refractivity contribution < 1.29 is 4.74 Å². The number of hydrogen-bond donors (Lipinski definition) is 1. The summed E-state index contributed by atoms with van der Waals surface area (Å²) in [4.78, 5) is 4.50. The monoisotopic (exact) mass is 284 g/mol. The normalized spacial score (nSPS) is 18.0. The Balaban J connectivity index is 1.88. The van der Waals surface area contributed by atoms with E-state index in [0.717, 1.165) is 44.5 Å². The molecule has 0 amide bonds. The lowest BCUT2D eigenvalue weighted by atomic mass is 9.86. The molecule has 1 aliphatic rings. The van der Waals surface area contributed by atoms with E-state index >= 15 is 0 Å². The van der Waals surface area contributed by atoms with Crippen molar-refractivity contribution in [1.82, 2.24) is 10.3 Å². The smallest absolute Gasteiger partial charge is 0.0705 e. The summed E-state index contributed by atoms with van der Waals surface area (Å²) >= 11 is 0. The summed E-state index contributed by atoms with van der Waals surface area (Å²) in [5.41, 5.74) is 2.45. The van der Waals surface area contributed by atoms with Crippen LogP contribution in [0.15, 0.2) is 36.5 Å². The second-order valence-electron chi connectivity index (χ2n) is 5.84. The van der Waals surface area contributed by atoms with Gasteiger partial charge >= 0.3 is 0 Å². The maximum atomic E-state index is 5.52. The molecule has 0 radical (unpaired) electrons. The Morgan fingerprint density at radius 3 is 2.95 bits per heavy atom. The van der Waals surface area contributed by atoms with E-state index in [0.29, 0.717) is 12.0 Å². The van der Waals surface area contributed by atoms with Gasteiger partial charge in [0.05, 0.1) is 5.52 Å². The van der Waals surface area contributed by atoms with Crippen LogP contribution in [0.4, 0.5) is 0 Å². The summed E-state index contributed by atoms with van der Waals surface area (Å²) in [5.74, 6) is 0.659. The van der Waals surface area contributed by atoms with Crippen molar-refractivity contribution in [3.63, 3.8) is 0 Å². The number of ether oxygens (including phenoxy) is 1. The Kier molecular flexibility index (Phi) is 4.84. The van der Waals surface area contributed by atoms with E-state index < -0.39 is 0 Å². The predicted octanol–water partition coefficient (Wildman–Crippen LogP) is 3.70. The Hall–Kier alpha value is -1.45. The van der Waals surface area contributed by atoms with Crippen molar-refractivity contribution in [1.29, 1.82) is 0 Å². The molecule has 1 fully saturated rings. The van der Waals surface area contributed by atoms with Crippen molar-refractivity contribution >= 4 is 10.9 Å². The van der Waals surface area contributed by atoms with E-state index in [2.05, 4.69) is 41.5 Å². The molecule has 3 heteroatoms. The van der Waals surface area contributed by atoms with Gasteiger partial charge in [-0.2, -0.15) is 0 Å². The van der Waals surface area contributed by atoms with Crippen molar-refractivity contribution in [3.8, 4) is 0 Å². The first-order valence-corrected chi connectivity index (χ1v) is 8.04. The molecule has 3 rings (SSSR count). The number of rotatable bonds is 5. The van der Waals surface area contributed by atoms with E-state index in [4.69, 9.17) is 4.74 Å². The van der Waals surface area contributed by atoms with Gasteiger partial charge in [0, 0.05) is 30.8 Å². The van der Waals surface area contributed by atoms with Gasteiger partial charge in [0.1, 0.15) is 0 Å².